The van der Waals surface area contributed by atoms with Gasteiger partial charge in [0.05, 0.1) is 0 Å². The second-order valence-corrected chi connectivity index (χ2v) is 2.88. The molecule has 1 heterocycles. The summed E-state index contributed by atoms with van der Waals surface area (Å²) in [6.45, 7) is 0.722. The predicted octanol–water partition coefficient (Wildman–Crippen LogP) is -1.15. The van der Waals surface area contributed by atoms with E-state index in [-0.39, 0.29) is 12.2 Å². The van der Waals surface area contributed by atoms with E-state index in [0.29, 0.717) is 13.1 Å². The molecule has 82 valence electrons. The van der Waals surface area contributed by atoms with Crippen molar-refractivity contribution in [1.82, 2.24) is 10.0 Å². The van der Waals surface area contributed by atoms with Crippen molar-refractivity contribution in [2.45, 2.75) is 6.54 Å². The molecule has 3 N–H and O–H groups in total. The van der Waals surface area contributed by atoms with Gasteiger partial charge in [0.15, 0.2) is 0 Å². The molecule has 6 heteroatoms. The summed E-state index contributed by atoms with van der Waals surface area (Å²) in [5.41, 5.74) is 7.31. The van der Waals surface area contributed by atoms with Crippen LogP contribution in [-0.4, -0.2) is 23.6 Å². The molecule has 1 aromatic heterocycles. The van der Waals surface area contributed by atoms with Gasteiger partial charge in [-0.25, -0.2) is 5.48 Å². The van der Waals surface area contributed by atoms with Crippen LogP contribution in [0, 0.1) is 0 Å². The molecule has 0 spiro atoms. The van der Waals surface area contributed by atoms with Crippen LogP contribution in [0.4, 0.5) is 0 Å². The van der Waals surface area contributed by atoms with Crippen LogP contribution < -0.4 is 16.8 Å². The first-order valence-corrected chi connectivity index (χ1v) is 4.48. The number of pyridine rings is 1. The summed E-state index contributed by atoms with van der Waals surface area (Å²) in [4.78, 5) is 26.2. The van der Waals surface area contributed by atoms with E-state index in [9.17, 15) is 9.59 Å². The molecule has 1 rings (SSSR count). The van der Waals surface area contributed by atoms with E-state index in [2.05, 4.69) is 5.48 Å². The summed E-state index contributed by atoms with van der Waals surface area (Å²) in [6.07, 6.45) is 1.68. The third-order valence-electron chi connectivity index (χ3n) is 1.67. The van der Waals surface area contributed by atoms with E-state index in [4.69, 9.17) is 10.6 Å². The van der Waals surface area contributed by atoms with Gasteiger partial charge in [-0.2, -0.15) is 0 Å². The van der Waals surface area contributed by atoms with E-state index in [1.165, 1.54) is 10.6 Å². The number of nitrogens with one attached hydrogen (secondary N) is 1. The lowest BCUT2D eigenvalue weighted by molar-refractivity contribution is -0.125. The Bertz CT molecular complexity index is 375. The van der Waals surface area contributed by atoms with Crippen LogP contribution in [0.15, 0.2) is 29.2 Å². The number of hydroxylamine groups is 1. The fraction of sp³-hybridized carbons (Fsp3) is 0.333. The monoisotopic (exact) mass is 211 g/mol. The van der Waals surface area contributed by atoms with Crippen LogP contribution in [0.1, 0.15) is 0 Å². The predicted molar refractivity (Wildman–Crippen MR) is 53.9 cm³/mol. The Balaban J connectivity index is 2.24. The highest BCUT2D eigenvalue weighted by atomic mass is 16.6. The molecular weight excluding hydrogens is 198 g/mol. The Morgan fingerprint density at radius 1 is 1.53 bits per heavy atom. The van der Waals surface area contributed by atoms with Crippen molar-refractivity contribution >= 4 is 5.91 Å². The van der Waals surface area contributed by atoms with Gasteiger partial charge in [-0.3, -0.25) is 14.4 Å². The largest absolute Gasteiger partial charge is 0.368 e. The highest BCUT2D eigenvalue weighted by Crippen LogP contribution is 1.80. The van der Waals surface area contributed by atoms with Crippen molar-refractivity contribution in [3.8, 4) is 0 Å². The number of hydrogen-bond acceptors (Lipinski definition) is 4. The molecule has 1 aromatic rings. The van der Waals surface area contributed by atoms with Crippen LogP contribution in [0.25, 0.3) is 0 Å². The Kier molecular flexibility index (Phi) is 4.52. The molecule has 0 bridgehead atoms. The van der Waals surface area contributed by atoms with Gasteiger partial charge >= 0.3 is 0 Å². The zero-order valence-electron chi connectivity index (χ0n) is 8.18. The first kappa shape index (κ1) is 11.4. The quantitative estimate of drug-likeness (QED) is 0.460. The fourth-order valence-electron chi connectivity index (χ4n) is 1.01. The summed E-state index contributed by atoms with van der Waals surface area (Å²) in [5, 5.41) is 0. The normalized spacial score (nSPS) is 10.1. The molecule has 0 aliphatic rings. The summed E-state index contributed by atoms with van der Waals surface area (Å²) in [6, 6.07) is 4.92. The van der Waals surface area contributed by atoms with E-state index in [0.717, 1.165) is 0 Å². The molecule has 0 saturated carbocycles. The molecule has 0 aromatic carbocycles. The van der Waals surface area contributed by atoms with Crippen molar-refractivity contribution in [2.75, 3.05) is 13.2 Å². The first-order chi connectivity index (χ1) is 7.20. The van der Waals surface area contributed by atoms with Crippen LogP contribution in [0.3, 0.4) is 0 Å². The van der Waals surface area contributed by atoms with Crippen LogP contribution in [0.5, 0.6) is 0 Å². The zero-order valence-corrected chi connectivity index (χ0v) is 8.18. The number of primary amides is 1. The molecule has 0 unspecified atom stereocenters. The van der Waals surface area contributed by atoms with Gasteiger partial charge in [-0.15, -0.1) is 0 Å². The fourth-order valence-corrected chi connectivity index (χ4v) is 1.01. The van der Waals surface area contributed by atoms with Crippen LogP contribution >= 0.6 is 0 Å². The number of nitrogens with two attached hydrogens (primary N) is 1. The molecule has 0 saturated heterocycles. The standard InChI is InChI=1S/C9H13N3O3/c10-8(13)7-15-11-4-6-12-5-2-1-3-9(12)14/h1-3,5,11H,4,6-7H2,(H2,10,13). The maximum Gasteiger partial charge on any atom is 0.250 e. The summed E-state index contributed by atoms with van der Waals surface area (Å²) in [5.74, 6) is -0.542. The van der Waals surface area contributed by atoms with Gasteiger partial charge < -0.3 is 10.3 Å². The molecular formula is C9H13N3O3. The lowest BCUT2D eigenvalue weighted by Crippen LogP contribution is -2.29. The number of nitrogens with zero attached hydrogens (tertiary/aromatic N) is 1. The molecule has 0 aliphatic carbocycles. The molecule has 0 atom stereocenters. The summed E-state index contributed by atoms with van der Waals surface area (Å²) < 4.78 is 1.53. The number of rotatable bonds is 6. The molecule has 15 heavy (non-hydrogen) atoms. The third kappa shape index (κ3) is 4.39. The van der Waals surface area contributed by atoms with E-state index < -0.39 is 5.91 Å². The average molecular weight is 211 g/mol. The van der Waals surface area contributed by atoms with Crippen molar-refractivity contribution in [3.05, 3.63) is 34.7 Å². The Hall–Kier alpha value is -1.66. The minimum atomic E-state index is -0.542. The molecule has 0 fully saturated rings. The van der Waals surface area contributed by atoms with E-state index in [1.54, 1.807) is 18.3 Å². The Morgan fingerprint density at radius 2 is 2.33 bits per heavy atom. The van der Waals surface area contributed by atoms with Gasteiger partial charge in [-0.05, 0) is 6.07 Å². The third-order valence-corrected chi connectivity index (χ3v) is 1.67. The average Bonchev–Trinajstić information content (AvgIpc) is 2.20. The SMILES string of the molecule is NC(=O)CONCCn1ccccc1=O. The first-order valence-electron chi connectivity index (χ1n) is 4.48. The van der Waals surface area contributed by atoms with E-state index >= 15 is 0 Å². The number of hydrogen-bond donors (Lipinski definition) is 2. The van der Waals surface area contributed by atoms with E-state index in [1.807, 2.05) is 0 Å². The number of carbonyl (C=O) groups is 1. The van der Waals surface area contributed by atoms with Gasteiger partial charge in [0, 0.05) is 25.4 Å². The minimum absolute atomic E-state index is 0.0748. The Labute approximate surface area is 86.6 Å². The van der Waals surface area contributed by atoms with Gasteiger partial charge in [-0.1, -0.05) is 6.07 Å². The zero-order chi connectivity index (χ0) is 11.1. The maximum absolute atomic E-state index is 11.2. The second-order valence-electron chi connectivity index (χ2n) is 2.88. The summed E-state index contributed by atoms with van der Waals surface area (Å²) >= 11 is 0. The lowest BCUT2D eigenvalue weighted by atomic mass is 10.4. The van der Waals surface area contributed by atoms with Crippen molar-refractivity contribution in [3.63, 3.8) is 0 Å². The highest BCUT2D eigenvalue weighted by Gasteiger charge is 1.95. The Morgan fingerprint density at radius 3 is 3.00 bits per heavy atom. The van der Waals surface area contributed by atoms with Gasteiger partial charge in [0.2, 0.25) is 5.91 Å². The molecule has 0 aliphatic heterocycles. The van der Waals surface area contributed by atoms with Crippen molar-refractivity contribution in [2.24, 2.45) is 5.73 Å². The van der Waals surface area contributed by atoms with Crippen molar-refractivity contribution in [1.29, 1.82) is 0 Å². The van der Waals surface area contributed by atoms with Crippen molar-refractivity contribution < 1.29 is 9.63 Å². The number of aromatic nitrogens is 1. The minimum Gasteiger partial charge on any atom is -0.368 e. The lowest BCUT2D eigenvalue weighted by Gasteiger charge is -2.05. The maximum atomic E-state index is 11.2. The number of amides is 1. The topological polar surface area (TPSA) is 86.3 Å². The highest BCUT2D eigenvalue weighted by molar-refractivity contribution is 5.74. The summed E-state index contributed by atoms with van der Waals surface area (Å²) in [7, 11) is 0. The smallest absolute Gasteiger partial charge is 0.250 e. The molecule has 1 amide bonds. The second kappa shape index (κ2) is 5.94. The van der Waals surface area contributed by atoms with Crippen LogP contribution in [0.2, 0.25) is 0 Å². The molecule has 6 nitrogen and oxygen atoms in total. The number of carbonyl (C=O) groups excluding carboxylic acids is 1. The van der Waals surface area contributed by atoms with Gasteiger partial charge in [0.1, 0.15) is 6.61 Å². The van der Waals surface area contributed by atoms with Crippen LogP contribution in [-0.2, 0) is 16.2 Å². The molecule has 0 radical (unpaired) electrons. The van der Waals surface area contributed by atoms with Gasteiger partial charge in [0.25, 0.3) is 5.56 Å².